The van der Waals surface area contributed by atoms with E-state index in [4.69, 9.17) is 9.47 Å². The zero-order chi connectivity index (χ0) is 24.5. The van der Waals surface area contributed by atoms with Crippen molar-refractivity contribution >= 4 is 21.8 Å². The number of rotatable bonds is 6. The Balaban J connectivity index is 1.83. The maximum Gasteiger partial charge on any atom is 0.275 e. The number of para-hydroxylation sites is 2. The summed E-state index contributed by atoms with van der Waals surface area (Å²) in [6.07, 6.45) is 2.89. The second kappa shape index (κ2) is 9.17. The van der Waals surface area contributed by atoms with Gasteiger partial charge >= 0.3 is 0 Å². The van der Waals surface area contributed by atoms with Gasteiger partial charge in [-0.2, -0.15) is 0 Å². The Morgan fingerprint density at radius 2 is 1.69 bits per heavy atom. The van der Waals surface area contributed by atoms with Gasteiger partial charge in [-0.15, -0.1) is 0 Å². The first-order chi connectivity index (χ1) is 17.1. The Morgan fingerprint density at radius 1 is 0.914 bits per heavy atom. The highest BCUT2D eigenvalue weighted by Crippen LogP contribution is 2.40. The van der Waals surface area contributed by atoms with Gasteiger partial charge in [-0.3, -0.25) is 9.36 Å². The molecule has 0 amide bonds. The number of aliphatic hydroxyl groups is 2. The van der Waals surface area contributed by atoms with Crippen LogP contribution in [-0.4, -0.2) is 39.0 Å². The summed E-state index contributed by atoms with van der Waals surface area (Å²) < 4.78 is 12.5. The number of nitrogens with zero attached hydrogens (tertiary/aromatic N) is 3. The van der Waals surface area contributed by atoms with Gasteiger partial charge in [0.15, 0.2) is 11.5 Å². The number of ether oxygens (including phenoxy) is 2. The number of fused-ring (bicyclic) bond motifs is 2. The standard InChI is InChI=1S/C27H23N3O5/c1-34-23-10-17-9-18(14-31)20(15-32)27(19(17)12-24(23)35-2)16-7-8-28-25(11-16)30-22-6-4-3-5-21(22)29-13-26(30)33/h3-13,31-32H,14-15H2,1-2H3. The molecule has 0 saturated carbocycles. The predicted octanol–water partition coefficient (Wildman–Crippen LogP) is 3.60. The molecule has 5 aromatic rings. The lowest BCUT2D eigenvalue weighted by atomic mass is 9.90. The summed E-state index contributed by atoms with van der Waals surface area (Å²) in [5.41, 5.74) is 3.59. The molecule has 0 aliphatic rings. The van der Waals surface area contributed by atoms with Crippen LogP contribution in [-0.2, 0) is 13.2 Å². The van der Waals surface area contributed by atoms with Crippen molar-refractivity contribution in [3.63, 3.8) is 0 Å². The normalized spacial score (nSPS) is 11.2. The smallest absolute Gasteiger partial charge is 0.275 e. The summed E-state index contributed by atoms with van der Waals surface area (Å²) in [4.78, 5) is 21.5. The lowest BCUT2D eigenvalue weighted by molar-refractivity contribution is 0.260. The predicted molar refractivity (Wildman–Crippen MR) is 133 cm³/mol. The van der Waals surface area contributed by atoms with Crippen molar-refractivity contribution in [2.75, 3.05) is 14.2 Å². The van der Waals surface area contributed by atoms with Crippen molar-refractivity contribution < 1.29 is 19.7 Å². The average molecular weight is 469 g/mol. The van der Waals surface area contributed by atoms with Crippen molar-refractivity contribution in [1.82, 2.24) is 14.5 Å². The summed E-state index contributed by atoms with van der Waals surface area (Å²) in [5, 5.41) is 22.0. The minimum atomic E-state index is -0.309. The largest absolute Gasteiger partial charge is 0.493 e. The maximum atomic E-state index is 12.8. The zero-order valence-corrected chi connectivity index (χ0v) is 19.2. The van der Waals surface area contributed by atoms with Crippen LogP contribution in [0.3, 0.4) is 0 Å². The molecule has 0 aliphatic heterocycles. The van der Waals surface area contributed by atoms with E-state index in [1.165, 1.54) is 10.8 Å². The molecule has 8 nitrogen and oxygen atoms in total. The van der Waals surface area contributed by atoms with Gasteiger partial charge in [-0.25, -0.2) is 9.97 Å². The van der Waals surface area contributed by atoms with Crippen molar-refractivity contribution in [2.24, 2.45) is 0 Å². The molecule has 0 saturated heterocycles. The lowest BCUT2D eigenvalue weighted by Gasteiger charge is -2.19. The molecular weight excluding hydrogens is 446 g/mol. The molecule has 2 aromatic heterocycles. The highest BCUT2D eigenvalue weighted by Gasteiger charge is 2.18. The van der Waals surface area contributed by atoms with Crippen LogP contribution in [0.5, 0.6) is 11.5 Å². The van der Waals surface area contributed by atoms with Crippen molar-refractivity contribution in [2.45, 2.75) is 13.2 Å². The molecule has 0 radical (unpaired) electrons. The second-order valence-electron chi connectivity index (χ2n) is 7.96. The first-order valence-corrected chi connectivity index (χ1v) is 11.0. The fourth-order valence-electron chi connectivity index (χ4n) is 4.48. The van der Waals surface area contributed by atoms with Gasteiger partial charge in [0.1, 0.15) is 5.82 Å². The minimum Gasteiger partial charge on any atom is -0.493 e. The molecule has 0 atom stereocenters. The highest BCUT2D eigenvalue weighted by molar-refractivity contribution is 6.01. The van der Waals surface area contributed by atoms with Crippen LogP contribution < -0.4 is 15.0 Å². The molecule has 0 aliphatic carbocycles. The second-order valence-corrected chi connectivity index (χ2v) is 7.96. The fourth-order valence-corrected chi connectivity index (χ4v) is 4.48. The third-order valence-corrected chi connectivity index (χ3v) is 6.09. The maximum absolute atomic E-state index is 12.8. The van der Waals surface area contributed by atoms with Crippen LogP contribution in [0.1, 0.15) is 11.1 Å². The number of methoxy groups -OCH3 is 2. The number of hydrogen-bond donors (Lipinski definition) is 2. The average Bonchev–Trinajstić information content (AvgIpc) is 2.90. The highest BCUT2D eigenvalue weighted by atomic mass is 16.5. The van der Waals surface area contributed by atoms with E-state index in [1.54, 1.807) is 26.5 Å². The Bertz CT molecular complexity index is 1620. The van der Waals surface area contributed by atoms with Gasteiger partial charge in [0.2, 0.25) is 0 Å². The van der Waals surface area contributed by atoms with E-state index < -0.39 is 0 Å². The Labute approximate surface area is 200 Å². The molecule has 8 heteroatoms. The first-order valence-electron chi connectivity index (χ1n) is 11.0. The van der Waals surface area contributed by atoms with Crippen LogP contribution >= 0.6 is 0 Å². The quantitative estimate of drug-likeness (QED) is 0.391. The zero-order valence-electron chi connectivity index (χ0n) is 19.2. The number of pyridine rings is 1. The first kappa shape index (κ1) is 22.5. The Morgan fingerprint density at radius 3 is 2.43 bits per heavy atom. The van der Waals surface area contributed by atoms with E-state index >= 15 is 0 Å². The number of aliphatic hydroxyl groups excluding tert-OH is 2. The Kier molecular flexibility index (Phi) is 5.90. The molecule has 2 N–H and O–H groups in total. The van der Waals surface area contributed by atoms with Gasteiger partial charge in [-0.1, -0.05) is 12.1 Å². The minimum absolute atomic E-state index is 0.250. The molecule has 2 heterocycles. The van der Waals surface area contributed by atoms with Crippen LogP contribution in [0.25, 0.3) is 38.8 Å². The van der Waals surface area contributed by atoms with Crippen LogP contribution in [0.2, 0.25) is 0 Å². The van der Waals surface area contributed by atoms with Crippen LogP contribution in [0.15, 0.2) is 71.8 Å². The van der Waals surface area contributed by atoms with E-state index in [0.29, 0.717) is 45.0 Å². The van der Waals surface area contributed by atoms with E-state index in [2.05, 4.69) is 9.97 Å². The van der Waals surface area contributed by atoms with Gasteiger partial charge in [0.05, 0.1) is 44.7 Å². The summed E-state index contributed by atoms with van der Waals surface area (Å²) in [6.45, 7) is -0.537. The van der Waals surface area contributed by atoms with E-state index in [9.17, 15) is 15.0 Å². The van der Waals surface area contributed by atoms with Crippen LogP contribution in [0, 0.1) is 0 Å². The topological polar surface area (TPSA) is 107 Å². The summed E-state index contributed by atoms with van der Waals surface area (Å²) in [6, 6.07) is 16.5. The summed E-state index contributed by atoms with van der Waals surface area (Å²) in [7, 11) is 3.12. The monoisotopic (exact) mass is 469 g/mol. The molecule has 35 heavy (non-hydrogen) atoms. The van der Waals surface area contributed by atoms with E-state index in [1.807, 2.05) is 48.5 Å². The summed E-state index contributed by atoms with van der Waals surface area (Å²) >= 11 is 0. The molecule has 176 valence electrons. The molecular formula is C27H23N3O5. The van der Waals surface area contributed by atoms with Gasteiger partial charge in [-0.05, 0) is 75.5 Å². The molecule has 0 bridgehead atoms. The third-order valence-electron chi connectivity index (χ3n) is 6.09. The van der Waals surface area contributed by atoms with Gasteiger partial charge < -0.3 is 19.7 Å². The third kappa shape index (κ3) is 3.78. The fraction of sp³-hybridized carbons (Fsp3) is 0.148. The van der Waals surface area contributed by atoms with Crippen molar-refractivity contribution in [3.05, 3.63) is 88.5 Å². The molecule has 5 rings (SSSR count). The van der Waals surface area contributed by atoms with Crippen molar-refractivity contribution in [1.29, 1.82) is 0 Å². The van der Waals surface area contributed by atoms with Crippen LogP contribution in [0.4, 0.5) is 0 Å². The lowest BCUT2D eigenvalue weighted by Crippen LogP contribution is -2.19. The van der Waals surface area contributed by atoms with Gasteiger partial charge in [0.25, 0.3) is 5.56 Å². The van der Waals surface area contributed by atoms with Crippen molar-refractivity contribution in [3.8, 4) is 28.4 Å². The van der Waals surface area contributed by atoms with E-state index in [0.717, 1.165) is 16.3 Å². The molecule has 0 spiro atoms. The number of benzene rings is 3. The number of aromatic nitrogens is 3. The number of hydrogen-bond acceptors (Lipinski definition) is 7. The van der Waals surface area contributed by atoms with E-state index in [-0.39, 0.29) is 18.8 Å². The van der Waals surface area contributed by atoms with Gasteiger partial charge in [0, 0.05) is 6.20 Å². The molecule has 0 fully saturated rings. The molecule has 0 unspecified atom stereocenters. The summed E-state index contributed by atoms with van der Waals surface area (Å²) in [5.74, 6) is 1.50. The SMILES string of the molecule is COc1cc2cc(CO)c(CO)c(-c3ccnc(-n4c(=O)cnc5ccccc54)c3)c2cc1OC. The molecule has 3 aromatic carbocycles. The Hall–Kier alpha value is -4.27.